The highest BCUT2D eigenvalue weighted by atomic mass is 16.6. The maximum atomic E-state index is 11.3. The van der Waals surface area contributed by atoms with Crippen LogP contribution in [0, 0.1) is 0 Å². The van der Waals surface area contributed by atoms with Gasteiger partial charge in [-0.2, -0.15) is 0 Å². The molecule has 0 saturated carbocycles. The summed E-state index contributed by atoms with van der Waals surface area (Å²) >= 11 is 0. The van der Waals surface area contributed by atoms with Gasteiger partial charge in [-0.25, -0.2) is 4.79 Å². The molecule has 1 aliphatic rings. The molecule has 14 heavy (non-hydrogen) atoms. The van der Waals surface area contributed by atoms with Crippen LogP contribution < -0.4 is 0 Å². The molecule has 0 aromatic carbocycles. The highest BCUT2D eigenvalue weighted by Gasteiger charge is 2.27. The average molecular weight is 199 g/mol. The van der Waals surface area contributed by atoms with E-state index < -0.39 is 0 Å². The fraction of sp³-hybridized carbons (Fsp3) is 0.909. The van der Waals surface area contributed by atoms with E-state index in [0.717, 1.165) is 19.4 Å². The zero-order valence-electron chi connectivity index (χ0n) is 9.29. The van der Waals surface area contributed by atoms with E-state index in [2.05, 4.69) is 13.8 Å². The second-order valence-electron chi connectivity index (χ2n) is 3.87. The van der Waals surface area contributed by atoms with Gasteiger partial charge in [-0.05, 0) is 12.8 Å². The standard InChI is InChI=1S/C11H21NO2/c1-3-5-6-7-10(4-2)12-8-9-14-11(12)13/h10H,3-9H2,1-2H3. The van der Waals surface area contributed by atoms with Gasteiger partial charge in [0.1, 0.15) is 6.61 Å². The smallest absolute Gasteiger partial charge is 0.410 e. The summed E-state index contributed by atoms with van der Waals surface area (Å²) in [6, 6.07) is 0.400. The second kappa shape index (κ2) is 5.89. The van der Waals surface area contributed by atoms with Crippen LogP contribution >= 0.6 is 0 Å². The summed E-state index contributed by atoms with van der Waals surface area (Å²) in [7, 11) is 0. The fourth-order valence-corrected chi connectivity index (χ4v) is 1.95. The van der Waals surface area contributed by atoms with Gasteiger partial charge in [0, 0.05) is 6.04 Å². The molecular weight excluding hydrogens is 178 g/mol. The number of rotatable bonds is 6. The Morgan fingerprint density at radius 2 is 2.21 bits per heavy atom. The van der Waals surface area contributed by atoms with Gasteiger partial charge in [0.15, 0.2) is 0 Å². The molecule has 0 aromatic heterocycles. The monoisotopic (exact) mass is 199 g/mol. The lowest BCUT2D eigenvalue weighted by Crippen LogP contribution is -2.35. The van der Waals surface area contributed by atoms with Crippen molar-refractivity contribution in [2.75, 3.05) is 13.2 Å². The maximum absolute atomic E-state index is 11.3. The topological polar surface area (TPSA) is 29.5 Å². The first kappa shape index (κ1) is 11.3. The number of amides is 1. The van der Waals surface area contributed by atoms with Crippen molar-refractivity contribution in [3.63, 3.8) is 0 Å². The van der Waals surface area contributed by atoms with E-state index in [1.54, 1.807) is 0 Å². The summed E-state index contributed by atoms with van der Waals surface area (Å²) in [6.45, 7) is 5.69. The molecule has 0 radical (unpaired) electrons. The molecular formula is C11H21NO2. The molecule has 0 N–H and O–H groups in total. The zero-order valence-corrected chi connectivity index (χ0v) is 9.29. The molecule has 1 atom stereocenters. The van der Waals surface area contributed by atoms with Crippen LogP contribution in [0.4, 0.5) is 4.79 Å². The summed E-state index contributed by atoms with van der Waals surface area (Å²) in [6.07, 6.45) is 5.77. The van der Waals surface area contributed by atoms with Gasteiger partial charge in [0.2, 0.25) is 0 Å². The first-order valence-corrected chi connectivity index (χ1v) is 5.73. The Bertz CT molecular complexity index is 182. The number of cyclic esters (lactones) is 1. The Morgan fingerprint density at radius 1 is 1.43 bits per heavy atom. The third kappa shape index (κ3) is 2.89. The minimum absolute atomic E-state index is 0.117. The van der Waals surface area contributed by atoms with Crippen LogP contribution in [0.1, 0.15) is 46.0 Å². The van der Waals surface area contributed by atoms with E-state index >= 15 is 0 Å². The quantitative estimate of drug-likeness (QED) is 0.616. The summed E-state index contributed by atoms with van der Waals surface area (Å²) < 4.78 is 4.94. The third-order valence-electron chi connectivity index (χ3n) is 2.85. The van der Waals surface area contributed by atoms with Crippen molar-refractivity contribution in [2.45, 2.75) is 52.0 Å². The van der Waals surface area contributed by atoms with Gasteiger partial charge in [0.25, 0.3) is 0 Å². The largest absolute Gasteiger partial charge is 0.448 e. The van der Waals surface area contributed by atoms with Crippen molar-refractivity contribution in [2.24, 2.45) is 0 Å². The van der Waals surface area contributed by atoms with Gasteiger partial charge in [0.05, 0.1) is 6.54 Å². The zero-order chi connectivity index (χ0) is 10.4. The number of hydrogen-bond donors (Lipinski definition) is 0. The molecule has 0 bridgehead atoms. The molecule has 3 heteroatoms. The molecule has 1 amide bonds. The lowest BCUT2D eigenvalue weighted by molar-refractivity contribution is 0.144. The number of hydrogen-bond acceptors (Lipinski definition) is 2. The van der Waals surface area contributed by atoms with Crippen LogP contribution in [0.5, 0.6) is 0 Å². The molecule has 82 valence electrons. The number of ether oxygens (including phenoxy) is 1. The van der Waals surface area contributed by atoms with E-state index in [1.165, 1.54) is 19.3 Å². The second-order valence-corrected chi connectivity index (χ2v) is 3.87. The molecule has 1 unspecified atom stereocenters. The maximum Gasteiger partial charge on any atom is 0.410 e. The van der Waals surface area contributed by atoms with Gasteiger partial charge in [-0.3, -0.25) is 0 Å². The van der Waals surface area contributed by atoms with Crippen molar-refractivity contribution in [1.82, 2.24) is 4.90 Å². The van der Waals surface area contributed by atoms with Gasteiger partial charge in [-0.15, -0.1) is 0 Å². The molecule has 0 aromatic rings. The van der Waals surface area contributed by atoms with Crippen molar-refractivity contribution in [3.8, 4) is 0 Å². The minimum Gasteiger partial charge on any atom is -0.448 e. The minimum atomic E-state index is -0.117. The van der Waals surface area contributed by atoms with E-state index in [1.807, 2.05) is 4.90 Å². The van der Waals surface area contributed by atoms with Crippen LogP contribution in [0.15, 0.2) is 0 Å². The summed E-state index contributed by atoms with van der Waals surface area (Å²) in [4.78, 5) is 13.2. The van der Waals surface area contributed by atoms with Crippen LogP contribution in [0.25, 0.3) is 0 Å². The van der Waals surface area contributed by atoms with Crippen molar-refractivity contribution in [3.05, 3.63) is 0 Å². The number of carbonyl (C=O) groups is 1. The Hall–Kier alpha value is -0.730. The van der Waals surface area contributed by atoms with Crippen LogP contribution in [-0.2, 0) is 4.74 Å². The van der Waals surface area contributed by atoms with Gasteiger partial charge in [-0.1, -0.05) is 33.1 Å². The van der Waals surface area contributed by atoms with Crippen LogP contribution in [0.2, 0.25) is 0 Å². The first-order chi connectivity index (χ1) is 6.79. The number of nitrogens with zero attached hydrogens (tertiary/aromatic N) is 1. The number of unbranched alkanes of at least 4 members (excludes halogenated alkanes) is 2. The summed E-state index contributed by atoms with van der Waals surface area (Å²) in [5.41, 5.74) is 0. The summed E-state index contributed by atoms with van der Waals surface area (Å²) in [5, 5.41) is 0. The van der Waals surface area contributed by atoms with Crippen LogP contribution in [-0.4, -0.2) is 30.2 Å². The van der Waals surface area contributed by atoms with E-state index in [-0.39, 0.29) is 6.09 Å². The molecule has 3 nitrogen and oxygen atoms in total. The molecule has 0 aliphatic carbocycles. The van der Waals surface area contributed by atoms with Gasteiger partial charge < -0.3 is 9.64 Å². The van der Waals surface area contributed by atoms with E-state index in [4.69, 9.17) is 4.74 Å². The Morgan fingerprint density at radius 3 is 2.71 bits per heavy atom. The summed E-state index contributed by atoms with van der Waals surface area (Å²) in [5.74, 6) is 0. The highest BCUT2D eigenvalue weighted by Crippen LogP contribution is 2.17. The molecule has 1 heterocycles. The first-order valence-electron chi connectivity index (χ1n) is 5.73. The van der Waals surface area contributed by atoms with E-state index in [9.17, 15) is 4.79 Å². The van der Waals surface area contributed by atoms with Crippen molar-refractivity contribution < 1.29 is 9.53 Å². The molecule has 1 fully saturated rings. The third-order valence-corrected chi connectivity index (χ3v) is 2.85. The predicted octanol–water partition coefficient (Wildman–Crippen LogP) is 2.80. The molecule has 0 spiro atoms. The van der Waals surface area contributed by atoms with Crippen molar-refractivity contribution >= 4 is 6.09 Å². The van der Waals surface area contributed by atoms with Crippen LogP contribution in [0.3, 0.4) is 0 Å². The fourth-order valence-electron chi connectivity index (χ4n) is 1.95. The molecule has 1 rings (SSSR count). The lowest BCUT2D eigenvalue weighted by Gasteiger charge is -2.24. The Kier molecular flexibility index (Phi) is 4.77. The highest BCUT2D eigenvalue weighted by molar-refractivity contribution is 5.69. The van der Waals surface area contributed by atoms with Crippen molar-refractivity contribution in [1.29, 1.82) is 0 Å². The SMILES string of the molecule is CCCCCC(CC)N1CCOC1=O. The Labute approximate surface area is 86.4 Å². The molecule has 1 aliphatic heterocycles. The average Bonchev–Trinajstić information content (AvgIpc) is 2.60. The normalized spacial score (nSPS) is 18.4. The predicted molar refractivity (Wildman–Crippen MR) is 56.3 cm³/mol. The van der Waals surface area contributed by atoms with Gasteiger partial charge >= 0.3 is 6.09 Å². The lowest BCUT2D eigenvalue weighted by atomic mass is 10.1. The molecule has 1 saturated heterocycles. The van der Waals surface area contributed by atoms with E-state index in [0.29, 0.717) is 12.6 Å². The Balaban J connectivity index is 2.32. The number of carbonyl (C=O) groups excluding carboxylic acids is 1.